The summed E-state index contributed by atoms with van der Waals surface area (Å²) in [5.41, 5.74) is 2.50. The Balaban J connectivity index is 1.41. The van der Waals surface area contributed by atoms with Crippen LogP contribution >= 0.6 is 11.6 Å². The first-order valence-electron chi connectivity index (χ1n) is 10.0. The summed E-state index contributed by atoms with van der Waals surface area (Å²) >= 11 is 6.27. The molecule has 1 unspecified atom stereocenters. The quantitative estimate of drug-likeness (QED) is 0.778. The molecule has 0 amide bonds. The first kappa shape index (κ1) is 20.8. The highest BCUT2D eigenvalue weighted by Crippen LogP contribution is 2.53. The molecule has 29 heavy (non-hydrogen) atoms. The van der Waals surface area contributed by atoms with Gasteiger partial charge >= 0.3 is 0 Å². The van der Waals surface area contributed by atoms with Gasteiger partial charge in [-0.2, -0.15) is 5.10 Å². The lowest BCUT2D eigenvalue weighted by atomic mass is 9.73. The summed E-state index contributed by atoms with van der Waals surface area (Å²) in [4.78, 5) is 2.40. The van der Waals surface area contributed by atoms with Gasteiger partial charge in [-0.1, -0.05) is 17.7 Å². The zero-order chi connectivity index (χ0) is 20.9. The van der Waals surface area contributed by atoms with Gasteiger partial charge < -0.3 is 5.11 Å². The highest BCUT2D eigenvalue weighted by Gasteiger charge is 2.50. The minimum Gasteiger partial charge on any atom is -0.385 e. The van der Waals surface area contributed by atoms with Gasteiger partial charge in [-0.05, 0) is 62.5 Å². The van der Waals surface area contributed by atoms with Gasteiger partial charge in [0.2, 0.25) is 0 Å². The Morgan fingerprint density at radius 2 is 1.97 bits per heavy atom. The summed E-state index contributed by atoms with van der Waals surface area (Å²) < 4.78 is 24.4. The number of aromatic nitrogens is 2. The molecular formula is C21H28ClN3O3S. The van der Waals surface area contributed by atoms with E-state index in [0.717, 1.165) is 55.0 Å². The lowest BCUT2D eigenvalue weighted by Crippen LogP contribution is -2.42. The fourth-order valence-electron chi connectivity index (χ4n) is 4.99. The molecular weight excluding hydrogens is 410 g/mol. The minimum atomic E-state index is -2.99. The zero-order valence-corrected chi connectivity index (χ0v) is 18.5. The molecule has 2 aromatic rings. The molecule has 8 heteroatoms. The monoisotopic (exact) mass is 437 g/mol. The number of likely N-dealkylation sites (tertiary alicyclic amines) is 1. The van der Waals surface area contributed by atoms with E-state index in [1.807, 2.05) is 37.5 Å². The highest BCUT2D eigenvalue weighted by molar-refractivity contribution is 7.90. The number of nitrogens with zero attached hydrogens (tertiary/aromatic N) is 3. The van der Waals surface area contributed by atoms with Gasteiger partial charge in [0, 0.05) is 35.0 Å². The molecule has 1 atom stereocenters. The number of aliphatic hydroxyl groups is 1. The van der Waals surface area contributed by atoms with Crippen molar-refractivity contribution in [1.82, 2.24) is 14.7 Å². The van der Waals surface area contributed by atoms with Gasteiger partial charge in [0.15, 0.2) is 0 Å². The molecule has 4 rings (SSSR count). The standard InChI is InChI=1S/C21H28ClN3O3S/c1-20(26)15-21(19-11-17(22)3-4-18(19)20)5-7-24(8-6-21)13-16-12-23-25(14-16)9-10-29(2,27)28/h3-4,11-12,14,26H,5-10,13,15H2,1-2H3. The third-order valence-electron chi connectivity index (χ3n) is 6.41. The van der Waals surface area contributed by atoms with Crippen molar-refractivity contribution in [2.45, 2.75) is 50.3 Å². The second kappa shape index (κ2) is 7.38. The van der Waals surface area contributed by atoms with Crippen molar-refractivity contribution < 1.29 is 13.5 Å². The molecule has 158 valence electrons. The van der Waals surface area contributed by atoms with Crippen LogP contribution in [0.4, 0.5) is 0 Å². The number of benzene rings is 1. The second-order valence-corrected chi connectivity index (χ2v) is 11.6. The number of piperidine rings is 1. The van der Waals surface area contributed by atoms with Crippen molar-refractivity contribution in [3.05, 3.63) is 52.3 Å². The van der Waals surface area contributed by atoms with Crippen LogP contribution in [0.2, 0.25) is 5.02 Å². The minimum absolute atomic E-state index is 0.0140. The van der Waals surface area contributed by atoms with E-state index in [9.17, 15) is 13.5 Å². The Labute approximate surface area is 177 Å². The van der Waals surface area contributed by atoms with Gasteiger partial charge in [0.05, 0.1) is 24.1 Å². The lowest BCUT2D eigenvalue weighted by Gasteiger charge is -2.40. The zero-order valence-electron chi connectivity index (χ0n) is 16.9. The van der Waals surface area contributed by atoms with E-state index in [1.54, 1.807) is 4.68 Å². The van der Waals surface area contributed by atoms with E-state index in [-0.39, 0.29) is 11.2 Å². The third-order valence-corrected chi connectivity index (χ3v) is 7.57. The predicted molar refractivity (Wildman–Crippen MR) is 114 cm³/mol. The SMILES string of the molecule is CC1(O)CC2(CCN(Cc3cnn(CCS(C)(=O)=O)c3)CC2)c2cc(Cl)ccc21. The Morgan fingerprint density at radius 3 is 2.66 bits per heavy atom. The number of hydrogen-bond acceptors (Lipinski definition) is 5. The number of fused-ring (bicyclic) bond motifs is 2. The van der Waals surface area contributed by atoms with E-state index in [4.69, 9.17) is 11.6 Å². The maximum atomic E-state index is 11.3. The maximum Gasteiger partial charge on any atom is 0.149 e. The molecule has 6 nitrogen and oxygen atoms in total. The van der Waals surface area contributed by atoms with Gasteiger partial charge in [-0.3, -0.25) is 9.58 Å². The van der Waals surface area contributed by atoms with Gasteiger partial charge in [0.1, 0.15) is 9.84 Å². The van der Waals surface area contributed by atoms with Crippen molar-refractivity contribution in [1.29, 1.82) is 0 Å². The molecule has 0 saturated carbocycles. The summed E-state index contributed by atoms with van der Waals surface area (Å²) in [6, 6.07) is 5.88. The highest BCUT2D eigenvalue weighted by atomic mass is 35.5. The van der Waals surface area contributed by atoms with E-state index in [1.165, 1.54) is 11.8 Å². The molecule has 1 aromatic carbocycles. The summed E-state index contributed by atoms with van der Waals surface area (Å²) in [6.45, 7) is 4.97. The maximum absolute atomic E-state index is 11.3. The van der Waals surface area contributed by atoms with Crippen LogP contribution in [-0.4, -0.2) is 53.3 Å². The second-order valence-electron chi connectivity index (χ2n) is 8.94. The molecule has 1 spiro atoms. The van der Waals surface area contributed by atoms with Crippen molar-refractivity contribution in [3.8, 4) is 0 Å². The third kappa shape index (κ3) is 4.38. The molecule has 2 aliphatic rings. The number of rotatable bonds is 5. The van der Waals surface area contributed by atoms with Crippen molar-refractivity contribution in [2.75, 3.05) is 25.1 Å². The van der Waals surface area contributed by atoms with Gasteiger partial charge in [0.25, 0.3) is 0 Å². The number of hydrogen-bond donors (Lipinski definition) is 1. The molecule has 1 aromatic heterocycles. The van der Waals surface area contributed by atoms with Crippen LogP contribution in [-0.2, 0) is 33.9 Å². The summed E-state index contributed by atoms with van der Waals surface area (Å²) in [6.07, 6.45) is 7.71. The van der Waals surface area contributed by atoms with E-state index in [0.29, 0.717) is 6.54 Å². The van der Waals surface area contributed by atoms with Crippen LogP contribution in [0.5, 0.6) is 0 Å². The Bertz CT molecular complexity index is 1010. The number of aryl methyl sites for hydroxylation is 1. The number of sulfone groups is 1. The molecule has 1 aliphatic heterocycles. The van der Waals surface area contributed by atoms with Crippen LogP contribution in [0.25, 0.3) is 0 Å². The van der Waals surface area contributed by atoms with Gasteiger partial charge in [-0.15, -0.1) is 0 Å². The molecule has 0 bridgehead atoms. The Morgan fingerprint density at radius 1 is 1.24 bits per heavy atom. The molecule has 1 N–H and O–H groups in total. The largest absolute Gasteiger partial charge is 0.385 e. The summed E-state index contributed by atoms with van der Waals surface area (Å²) in [5.74, 6) is 0.0995. The topological polar surface area (TPSA) is 75.4 Å². The van der Waals surface area contributed by atoms with E-state index >= 15 is 0 Å². The average Bonchev–Trinajstić information content (AvgIpc) is 3.16. The van der Waals surface area contributed by atoms with Crippen molar-refractivity contribution >= 4 is 21.4 Å². The number of halogens is 1. The van der Waals surface area contributed by atoms with Crippen LogP contribution in [0, 0.1) is 0 Å². The summed E-state index contributed by atoms with van der Waals surface area (Å²) in [5, 5.41) is 16.0. The normalized spacial score (nSPS) is 24.1. The molecule has 1 aliphatic carbocycles. The molecule has 1 fully saturated rings. The smallest absolute Gasteiger partial charge is 0.149 e. The molecule has 2 heterocycles. The first-order valence-corrected chi connectivity index (χ1v) is 12.4. The van der Waals surface area contributed by atoms with Crippen LogP contribution < -0.4 is 0 Å². The predicted octanol–water partition coefficient (Wildman–Crippen LogP) is 2.73. The van der Waals surface area contributed by atoms with E-state index in [2.05, 4.69) is 10.00 Å². The lowest BCUT2D eigenvalue weighted by molar-refractivity contribution is 0.0264. The van der Waals surface area contributed by atoms with Crippen LogP contribution in [0.3, 0.4) is 0 Å². The fourth-order valence-corrected chi connectivity index (χ4v) is 5.68. The van der Waals surface area contributed by atoms with Crippen molar-refractivity contribution in [2.24, 2.45) is 0 Å². The molecule has 0 radical (unpaired) electrons. The summed E-state index contributed by atoms with van der Waals surface area (Å²) in [7, 11) is -2.99. The average molecular weight is 438 g/mol. The van der Waals surface area contributed by atoms with E-state index < -0.39 is 15.4 Å². The van der Waals surface area contributed by atoms with Gasteiger partial charge in [-0.25, -0.2) is 8.42 Å². The molecule has 1 saturated heterocycles. The Kier molecular flexibility index (Phi) is 5.30. The van der Waals surface area contributed by atoms with Crippen LogP contribution in [0.1, 0.15) is 42.9 Å². The Hall–Kier alpha value is -1.41. The van der Waals surface area contributed by atoms with Crippen LogP contribution in [0.15, 0.2) is 30.6 Å². The fraction of sp³-hybridized carbons (Fsp3) is 0.571. The van der Waals surface area contributed by atoms with Crippen molar-refractivity contribution in [3.63, 3.8) is 0 Å². The first-order chi connectivity index (χ1) is 13.6.